The fourth-order valence-electron chi connectivity index (χ4n) is 6.53. The van der Waals surface area contributed by atoms with Crippen LogP contribution in [-0.4, -0.2) is 0 Å². The summed E-state index contributed by atoms with van der Waals surface area (Å²) in [6.07, 6.45) is 6.62. The third kappa shape index (κ3) is 3.83. The molecule has 3 nitrogen and oxygen atoms in total. The molecule has 1 saturated carbocycles. The van der Waals surface area contributed by atoms with E-state index in [-0.39, 0.29) is 0 Å². The van der Waals surface area contributed by atoms with Gasteiger partial charge in [-0.05, 0) is 61.4 Å². The molecule has 6 rings (SSSR count). The summed E-state index contributed by atoms with van der Waals surface area (Å²) in [6, 6.07) is 23.2. The van der Waals surface area contributed by atoms with E-state index in [0.717, 1.165) is 38.6 Å². The van der Waals surface area contributed by atoms with Crippen LogP contribution in [-0.2, 0) is 7.05 Å². The molecule has 0 spiro atoms. The molecule has 1 aliphatic rings. The van der Waals surface area contributed by atoms with Gasteiger partial charge in [-0.3, -0.25) is 0 Å². The standard InChI is InChI=1S/C34H33N2O/c1-21-15-16-27-29-19-24(20-35)18-28(25-11-7-5-8-12-25)33(29)37-34(27)32(21)30-17-22(2)31(23(3)36(30)4)26-13-9-6-10-14-26/h5,7-8,11-12,15-19,26H,6,9-10,13-14H2,1-4H3/q+1. The molecule has 1 aliphatic carbocycles. The van der Waals surface area contributed by atoms with Crippen molar-refractivity contribution in [3.63, 3.8) is 0 Å². The number of pyridine rings is 1. The van der Waals surface area contributed by atoms with Crippen LogP contribution in [0.15, 0.2) is 65.1 Å². The van der Waals surface area contributed by atoms with Crippen molar-refractivity contribution in [3.05, 3.63) is 88.6 Å². The van der Waals surface area contributed by atoms with E-state index in [9.17, 15) is 5.26 Å². The van der Waals surface area contributed by atoms with E-state index in [2.05, 4.69) is 68.8 Å². The molecular formula is C34H33N2O+. The number of aryl methyl sites for hydroxylation is 2. The molecule has 0 atom stereocenters. The fraction of sp³-hybridized carbons (Fsp3) is 0.294. The Labute approximate surface area is 219 Å². The monoisotopic (exact) mass is 485 g/mol. The Morgan fingerprint density at radius 1 is 0.838 bits per heavy atom. The van der Waals surface area contributed by atoms with Gasteiger partial charge in [-0.1, -0.05) is 61.7 Å². The number of aromatic nitrogens is 1. The molecule has 0 amide bonds. The van der Waals surface area contributed by atoms with Crippen LogP contribution in [0.1, 0.15) is 66.0 Å². The van der Waals surface area contributed by atoms with Crippen molar-refractivity contribution < 1.29 is 8.98 Å². The third-order valence-electron chi connectivity index (χ3n) is 8.47. The van der Waals surface area contributed by atoms with E-state index >= 15 is 0 Å². The van der Waals surface area contributed by atoms with Crippen LogP contribution in [0.4, 0.5) is 0 Å². The van der Waals surface area contributed by atoms with Crippen molar-refractivity contribution in [2.45, 2.75) is 58.8 Å². The first kappa shape index (κ1) is 23.5. The molecular weight excluding hydrogens is 452 g/mol. The molecule has 5 aromatic rings. The fourth-order valence-corrected chi connectivity index (χ4v) is 6.53. The van der Waals surface area contributed by atoms with E-state index in [0.29, 0.717) is 11.5 Å². The normalized spacial score (nSPS) is 14.4. The average molecular weight is 486 g/mol. The number of fused-ring (bicyclic) bond motifs is 3. The lowest BCUT2D eigenvalue weighted by atomic mass is 9.81. The average Bonchev–Trinajstić information content (AvgIpc) is 3.30. The number of nitriles is 1. The van der Waals surface area contributed by atoms with Crippen molar-refractivity contribution in [2.75, 3.05) is 0 Å². The zero-order chi connectivity index (χ0) is 25.7. The molecule has 2 aromatic heterocycles. The van der Waals surface area contributed by atoms with Gasteiger partial charge in [0, 0.05) is 34.9 Å². The summed E-state index contributed by atoms with van der Waals surface area (Å²) < 4.78 is 9.13. The third-order valence-corrected chi connectivity index (χ3v) is 8.47. The molecule has 0 saturated heterocycles. The Morgan fingerprint density at radius 3 is 2.32 bits per heavy atom. The van der Waals surface area contributed by atoms with Gasteiger partial charge in [0.1, 0.15) is 18.2 Å². The molecule has 0 N–H and O–H groups in total. The predicted molar refractivity (Wildman–Crippen MR) is 151 cm³/mol. The van der Waals surface area contributed by atoms with Crippen LogP contribution in [0.3, 0.4) is 0 Å². The molecule has 0 aliphatic heterocycles. The second-order valence-electron chi connectivity index (χ2n) is 10.7. The molecule has 3 heteroatoms. The number of furan rings is 1. The van der Waals surface area contributed by atoms with Gasteiger partial charge < -0.3 is 4.42 Å². The van der Waals surface area contributed by atoms with Crippen LogP contribution in [0, 0.1) is 32.1 Å². The number of nitrogens with zero attached hydrogens (tertiary/aromatic N) is 2. The Balaban J connectivity index is 1.63. The summed E-state index contributed by atoms with van der Waals surface area (Å²) in [5, 5.41) is 11.8. The first-order valence-electron chi connectivity index (χ1n) is 13.4. The van der Waals surface area contributed by atoms with E-state index in [1.54, 1.807) is 0 Å². The summed E-state index contributed by atoms with van der Waals surface area (Å²) in [4.78, 5) is 0. The highest BCUT2D eigenvalue weighted by Crippen LogP contribution is 2.42. The van der Waals surface area contributed by atoms with Gasteiger partial charge in [-0.25, -0.2) is 0 Å². The molecule has 0 bridgehead atoms. The lowest BCUT2D eigenvalue weighted by Crippen LogP contribution is -2.37. The van der Waals surface area contributed by atoms with Gasteiger partial charge in [0.2, 0.25) is 5.69 Å². The maximum Gasteiger partial charge on any atom is 0.216 e. The van der Waals surface area contributed by atoms with Crippen molar-refractivity contribution >= 4 is 21.9 Å². The molecule has 0 radical (unpaired) electrons. The van der Waals surface area contributed by atoms with Gasteiger partial charge >= 0.3 is 0 Å². The number of hydrogen-bond acceptors (Lipinski definition) is 2. The Morgan fingerprint density at radius 2 is 1.59 bits per heavy atom. The van der Waals surface area contributed by atoms with Crippen LogP contribution in [0.2, 0.25) is 0 Å². The van der Waals surface area contributed by atoms with E-state index in [4.69, 9.17) is 4.42 Å². The lowest BCUT2D eigenvalue weighted by Gasteiger charge is -2.24. The van der Waals surface area contributed by atoms with E-state index in [1.807, 2.05) is 30.3 Å². The van der Waals surface area contributed by atoms with Crippen molar-refractivity contribution in [2.24, 2.45) is 7.05 Å². The number of rotatable bonds is 3. The summed E-state index contributed by atoms with van der Waals surface area (Å²) in [7, 11) is 2.19. The summed E-state index contributed by atoms with van der Waals surface area (Å²) in [5.74, 6) is 0.662. The number of benzene rings is 3. The molecule has 0 unspecified atom stereocenters. The largest absolute Gasteiger partial charge is 0.454 e. The quantitative estimate of drug-likeness (QED) is 0.240. The minimum absolute atomic E-state index is 0.644. The predicted octanol–water partition coefficient (Wildman–Crippen LogP) is 8.59. The molecule has 37 heavy (non-hydrogen) atoms. The minimum Gasteiger partial charge on any atom is -0.454 e. The SMILES string of the molecule is Cc1cc(-c2c(C)ccc3c2oc2c(-c4ccccc4)cc(C#N)cc23)[n+](C)c(C)c1C1CCCCC1. The molecule has 1 fully saturated rings. The molecule has 2 heterocycles. The second kappa shape index (κ2) is 9.20. The summed E-state index contributed by atoms with van der Waals surface area (Å²) in [6.45, 7) is 6.73. The zero-order valence-corrected chi connectivity index (χ0v) is 22.2. The van der Waals surface area contributed by atoms with Gasteiger partial charge in [0.25, 0.3) is 0 Å². The topological polar surface area (TPSA) is 40.8 Å². The highest BCUT2D eigenvalue weighted by atomic mass is 16.3. The van der Waals surface area contributed by atoms with Gasteiger partial charge in [-0.2, -0.15) is 9.83 Å². The highest BCUT2D eigenvalue weighted by Gasteiger charge is 2.29. The van der Waals surface area contributed by atoms with Crippen LogP contribution in [0.25, 0.3) is 44.3 Å². The molecule has 184 valence electrons. The van der Waals surface area contributed by atoms with Crippen LogP contribution < -0.4 is 4.57 Å². The zero-order valence-electron chi connectivity index (χ0n) is 22.2. The lowest BCUT2D eigenvalue weighted by molar-refractivity contribution is -0.667. The Hall–Kier alpha value is -3.90. The maximum absolute atomic E-state index is 9.80. The Kier molecular flexibility index (Phi) is 5.84. The first-order valence-corrected chi connectivity index (χ1v) is 13.4. The van der Waals surface area contributed by atoms with E-state index < -0.39 is 0 Å². The van der Waals surface area contributed by atoms with Gasteiger partial charge in [0.05, 0.1) is 17.2 Å². The highest BCUT2D eigenvalue weighted by molar-refractivity contribution is 6.13. The van der Waals surface area contributed by atoms with Gasteiger partial charge in [0.15, 0.2) is 5.69 Å². The van der Waals surface area contributed by atoms with Crippen molar-refractivity contribution in [1.29, 1.82) is 5.26 Å². The minimum atomic E-state index is 0.644. The maximum atomic E-state index is 9.80. The van der Waals surface area contributed by atoms with E-state index in [1.165, 1.54) is 60.2 Å². The molecule has 3 aromatic carbocycles. The first-order chi connectivity index (χ1) is 18.0. The van der Waals surface area contributed by atoms with Crippen LogP contribution >= 0.6 is 0 Å². The number of hydrogen-bond donors (Lipinski definition) is 0. The second-order valence-corrected chi connectivity index (χ2v) is 10.7. The van der Waals surface area contributed by atoms with Crippen molar-refractivity contribution in [1.82, 2.24) is 0 Å². The smallest absolute Gasteiger partial charge is 0.216 e. The summed E-state index contributed by atoms with van der Waals surface area (Å²) in [5.41, 5.74) is 12.1. The van der Waals surface area contributed by atoms with Crippen molar-refractivity contribution in [3.8, 4) is 28.5 Å². The van der Waals surface area contributed by atoms with Crippen LogP contribution in [0.5, 0.6) is 0 Å². The Bertz CT molecular complexity index is 1700. The summed E-state index contributed by atoms with van der Waals surface area (Å²) >= 11 is 0. The van der Waals surface area contributed by atoms with Gasteiger partial charge in [-0.15, -0.1) is 0 Å².